The molecule has 2 N–H and O–H groups in total. The van der Waals surface area contributed by atoms with Crippen molar-refractivity contribution in [1.82, 2.24) is 10.6 Å². The van der Waals surface area contributed by atoms with Crippen molar-refractivity contribution in [3.8, 4) is 0 Å². The Labute approximate surface area is 120 Å². The lowest BCUT2D eigenvalue weighted by atomic mass is 9.90. The molecule has 1 atom stereocenters. The molecule has 2 aromatic rings. The summed E-state index contributed by atoms with van der Waals surface area (Å²) >= 11 is 1.42. The van der Waals surface area contributed by atoms with Crippen LogP contribution in [0.4, 0.5) is 0 Å². The second-order valence-electron chi connectivity index (χ2n) is 4.68. The van der Waals surface area contributed by atoms with E-state index < -0.39 is 0 Å². The summed E-state index contributed by atoms with van der Waals surface area (Å²) in [5.41, 5.74) is 1.71. The molecule has 0 fully saturated rings. The molecule has 102 valence electrons. The molecule has 4 nitrogen and oxygen atoms in total. The van der Waals surface area contributed by atoms with Crippen molar-refractivity contribution in [2.45, 2.75) is 5.92 Å². The number of hydrogen-bond acceptors (Lipinski definition) is 3. The Hall–Kier alpha value is -2.14. The number of thiophene rings is 1. The standard InChI is InChI=1S/C15H14N2O2S/c18-14-12-5-2-1-4-11(12)10(8-16-14)9-17-15(19)13-6-3-7-20-13/h1-7,10H,8-9H2,(H,16,18)(H,17,19). The molecule has 0 spiro atoms. The average Bonchev–Trinajstić information content (AvgIpc) is 3.01. The first-order chi connectivity index (χ1) is 9.75. The van der Waals surface area contributed by atoms with Crippen LogP contribution in [0.15, 0.2) is 41.8 Å². The van der Waals surface area contributed by atoms with Gasteiger partial charge in [0, 0.05) is 24.6 Å². The Kier molecular flexibility index (Phi) is 3.52. The molecule has 5 heteroatoms. The van der Waals surface area contributed by atoms with E-state index in [9.17, 15) is 9.59 Å². The van der Waals surface area contributed by atoms with Crippen LogP contribution >= 0.6 is 11.3 Å². The Bertz CT molecular complexity index is 637. The first kappa shape index (κ1) is 12.9. The Morgan fingerprint density at radius 1 is 1.30 bits per heavy atom. The second-order valence-corrected chi connectivity index (χ2v) is 5.63. The van der Waals surface area contributed by atoms with Gasteiger partial charge in [-0.3, -0.25) is 9.59 Å². The molecule has 1 aliphatic rings. The van der Waals surface area contributed by atoms with Gasteiger partial charge in [0.25, 0.3) is 11.8 Å². The molecular weight excluding hydrogens is 272 g/mol. The van der Waals surface area contributed by atoms with Crippen LogP contribution in [0, 0.1) is 0 Å². The molecule has 0 saturated heterocycles. The van der Waals surface area contributed by atoms with Crippen LogP contribution in [0.3, 0.4) is 0 Å². The number of hydrogen-bond donors (Lipinski definition) is 2. The summed E-state index contributed by atoms with van der Waals surface area (Å²) in [6.07, 6.45) is 0. The minimum atomic E-state index is -0.0608. The zero-order valence-electron chi connectivity index (χ0n) is 10.8. The maximum atomic E-state index is 11.9. The predicted octanol–water partition coefficient (Wildman–Crippen LogP) is 2.01. The zero-order valence-corrected chi connectivity index (χ0v) is 11.6. The van der Waals surface area contributed by atoms with Gasteiger partial charge in [-0.05, 0) is 23.1 Å². The summed E-state index contributed by atoms with van der Waals surface area (Å²) in [6, 6.07) is 11.2. The molecule has 1 aliphatic heterocycles. The van der Waals surface area contributed by atoms with Gasteiger partial charge in [0.15, 0.2) is 0 Å². The fourth-order valence-electron chi connectivity index (χ4n) is 2.37. The Morgan fingerprint density at radius 2 is 2.15 bits per heavy atom. The van der Waals surface area contributed by atoms with Crippen molar-refractivity contribution in [3.63, 3.8) is 0 Å². The normalized spacial score (nSPS) is 17.2. The fourth-order valence-corrected chi connectivity index (χ4v) is 3.01. The van der Waals surface area contributed by atoms with E-state index in [1.54, 1.807) is 6.07 Å². The molecule has 2 heterocycles. The summed E-state index contributed by atoms with van der Waals surface area (Å²) in [5, 5.41) is 7.67. The highest BCUT2D eigenvalue weighted by molar-refractivity contribution is 7.12. The summed E-state index contributed by atoms with van der Waals surface area (Å²) in [7, 11) is 0. The summed E-state index contributed by atoms with van der Waals surface area (Å²) in [6.45, 7) is 1.08. The smallest absolute Gasteiger partial charge is 0.261 e. The molecule has 3 rings (SSSR count). The molecule has 20 heavy (non-hydrogen) atoms. The Balaban J connectivity index is 1.71. The predicted molar refractivity (Wildman–Crippen MR) is 78.2 cm³/mol. The maximum absolute atomic E-state index is 11.9. The molecule has 1 unspecified atom stereocenters. The van der Waals surface area contributed by atoms with Crippen LogP contribution < -0.4 is 10.6 Å². The minimum Gasteiger partial charge on any atom is -0.351 e. The molecule has 0 bridgehead atoms. The van der Waals surface area contributed by atoms with Crippen molar-refractivity contribution in [2.75, 3.05) is 13.1 Å². The van der Waals surface area contributed by atoms with Crippen LogP contribution in [-0.2, 0) is 0 Å². The number of amides is 2. The van der Waals surface area contributed by atoms with Gasteiger partial charge in [0.1, 0.15) is 0 Å². The van der Waals surface area contributed by atoms with Crippen LogP contribution in [-0.4, -0.2) is 24.9 Å². The molecule has 1 aromatic heterocycles. The first-order valence-corrected chi connectivity index (χ1v) is 7.32. The SMILES string of the molecule is O=C(NCC1CNC(=O)c2ccccc21)c1cccs1. The summed E-state index contributed by atoms with van der Waals surface area (Å²) in [4.78, 5) is 24.4. The molecule has 1 aromatic carbocycles. The lowest BCUT2D eigenvalue weighted by Crippen LogP contribution is -2.40. The van der Waals surface area contributed by atoms with E-state index >= 15 is 0 Å². The number of carbonyl (C=O) groups is 2. The quantitative estimate of drug-likeness (QED) is 0.906. The van der Waals surface area contributed by atoms with Gasteiger partial charge in [0.05, 0.1) is 4.88 Å². The second kappa shape index (κ2) is 5.46. The van der Waals surface area contributed by atoms with Gasteiger partial charge in [-0.15, -0.1) is 11.3 Å². The number of nitrogens with one attached hydrogen (secondary N) is 2. The highest BCUT2D eigenvalue weighted by atomic mass is 32.1. The van der Waals surface area contributed by atoms with Gasteiger partial charge in [-0.25, -0.2) is 0 Å². The number of rotatable bonds is 3. The molecule has 2 amide bonds. The zero-order chi connectivity index (χ0) is 13.9. The number of benzene rings is 1. The highest BCUT2D eigenvalue weighted by Gasteiger charge is 2.25. The van der Waals surface area contributed by atoms with Gasteiger partial charge < -0.3 is 10.6 Å². The minimum absolute atomic E-state index is 0.0403. The van der Waals surface area contributed by atoms with E-state index in [1.165, 1.54) is 11.3 Å². The van der Waals surface area contributed by atoms with Gasteiger partial charge >= 0.3 is 0 Å². The van der Waals surface area contributed by atoms with E-state index in [2.05, 4.69) is 10.6 Å². The Morgan fingerprint density at radius 3 is 2.95 bits per heavy atom. The van der Waals surface area contributed by atoms with E-state index in [0.29, 0.717) is 23.5 Å². The van der Waals surface area contributed by atoms with Crippen LogP contribution in [0.5, 0.6) is 0 Å². The van der Waals surface area contributed by atoms with Crippen molar-refractivity contribution >= 4 is 23.2 Å². The topological polar surface area (TPSA) is 58.2 Å². The van der Waals surface area contributed by atoms with E-state index in [4.69, 9.17) is 0 Å². The van der Waals surface area contributed by atoms with Crippen LogP contribution in [0.2, 0.25) is 0 Å². The van der Waals surface area contributed by atoms with Gasteiger partial charge in [-0.2, -0.15) is 0 Å². The largest absolute Gasteiger partial charge is 0.351 e. The van der Waals surface area contributed by atoms with Gasteiger partial charge in [-0.1, -0.05) is 24.3 Å². The third-order valence-electron chi connectivity index (χ3n) is 3.41. The van der Waals surface area contributed by atoms with Crippen LogP contribution in [0.25, 0.3) is 0 Å². The average molecular weight is 286 g/mol. The molecule has 0 aliphatic carbocycles. The lowest BCUT2D eigenvalue weighted by Gasteiger charge is -2.25. The summed E-state index contributed by atoms with van der Waals surface area (Å²) < 4.78 is 0. The van der Waals surface area contributed by atoms with Gasteiger partial charge in [0.2, 0.25) is 0 Å². The van der Waals surface area contributed by atoms with Crippen molar-refractivity contribution < 1.29 is 9.59 Å². The highest BCUT2D eigenvalue weighted by Crippen LogP contribution is 2.23. The number of fused-ring (bicyclic) bond motifs is 1. The van der Waals surface area contributed by atoms with Crippen molar-refractivity contribution in [2.24, 2.45) is 0 Å². The van der Waals surface area contributed by atoms with E-state index in [-0.39, 0.29) is 17.7 Å². The monoisotopic (exact) mass is 286 g/mol. The molecule has 0 saturated carbocycles. The lowest BCUT2D eigenvalue weighted by molar-refractivity contribution is 0.0936. The van der Waals surface area contributed by atoms with Crippen LogP contribution in [0.1, 0.15) is 31.5 Å². The molecular formula is C15H14N2O2S. The third-order valence-corrected chi connectivity index (χ3v) is 4.28. The number of carbonyl (C=O) groups excluding carboxylic acids is 2. The first-order valence-electron chi connectivity index (χ1n) is 6.44. The fraction of sp³-hybridized carbons (Fsp3) is 0.200. The summed E-state index contributed by atoms with van der Waals surface area (Å²) in [5.74, 6) is 0.0172. The molecule has 0 radical (unpaired) electrons. The maximum Gasteiger partial charge on any atom is 0.261 e. The third kappa shape index (κ3) is 2.44. The van der Waals surface area contributed by atoms with Crippen molar-refractivity contribution in [3.05, 3.63) is 57.8 Å². The van der Waals surface area contributed by atoms with E-state index in [0.717, 1.165) is 5.56 Å². The van der Waals surface area contributed by atoms with Crippen molar-refractivity contribution in [1.29, 1.82) is 0 Å². The van der Waals surface area contributed by atoms with E-state index in [1.807, 2.05) is 35.7 Å².